The molecule has 1 N–H and O–H groups in total. The lowest BCUT2D eigenvalue weighted by Gasteiger charge is -2.35. The lowest BCUT2D eigenvalue weighted by atomic mass is 9.92. The van der Waals surface area contributed by atoms with Crippen LogP contribution in [0.1, 0.15) is 38.8 Å². The Hall–Kier alpha value is -1.16. The molecule has 2 fully saturated rings. The van der Waals surface area contributed by atoms with E-state index >= 15 is 0 Å². The fourth-order valence-corrected chi connectivity index (χ4v) is 3.00. The number of nitrogens with zero attached hydrogens (tertiary/aromatic N) is 3. The molecule has 0 amide bonds. The first-order valence-electron chi connectivity index (χ1n) is 7.51. The Kier molecular flexibility index (Phi) is 3.69. The van der Waals surface area contributed by atoms with Gasteiger partial charge < -0.3 is 10.2 Å². The van der Waals surface area contributed by atoms with E-state index in [0.717, 1.165) is 49.0 Å². The van der Waals surface area contributed by atoms with E-state index < -0.39 is 0 Å². The van der Waals surface area contributed by atoms with Crippen LogP contribution in [0, 0.1) is 11.8 Å². The van der Waals surface area contributed by atoms with Gasteiger partial charge in [-0.05, 0) is 43.2 Å². The molecule has 1 aromatic heterocycles. The van der Waals surface area contributed by atoms with Gasteiger partial charge >= 0.3 is 0 Å². The van der Waals surface area contributed by atoms with Gasteiger partial charge in [0.1, 0.15) is 0 Å². The number of anilines is 1. The summed E-state index contributed by atoms with van der Waals surface area (Å²) in [6.45, 7) is 7.72. The molecule has 0 radical (unpaired) electrons. The molecule has 104 valence electrons. The molecule has 2 atom stereocenters. The van der Waals surface area contributed by atoms with E-state index in [4.69, 9.17) is 0 Å². The zero-order valence-corrected chi connectivity index (χ0v) is 12.0. The standard InChI is InChI=1S/C15H24N4/c1-11-7-12(2)10-19(9-11)15-6-5-14(17-18-15)8-16-13-3-4-13/h5-6,11-13,16H,3-4,7-10H2,1-2H3. The third kappa shape index (κ3) is 3.44. The van der Waals surface area contributed by atoms with Gasteiger partial charge in [0, 0.05) is 25.7 Å². The summed E-state index contributed by atoms with van der Waals surface area (Å²) in [5, 5.41) is 12.2. The molecular weight excluding hydrogens is 236 g/mol. The van der Waals surface area contributed by atoms with Crippen molar-refractivity contribution >= 4 is 5.82 Å². The van der Waals surface area contributed by atoms with E-state index in [1.165, 1.54) is 19.3 Å². The van der Waals surface area contributed by atoms with Gasteiger partial charge in [0.15, 0.2) is 5.82 Å². The van der Waals surface area contributed by atoms with Crippen molar-refractivity contribution in [3.8, 4) is 0 Å². The highest BCUT2D eigenvalue weighted by Crippen LogP contribution is 2.24. The molecule has 19 heavy (non-hydrogen) atoms. The summed E-state index contributed by atoms with van der Waals surface area (Å²) in [6, 6.07) is 4.97. The molecule has 1 saturated heterocycles. The second-order valence-corrected chi connectivity index (χ2v) is 6.39. The van der Waals surface area contributed by atoms with Crippen molar-refractivity contribution < 1.29 is 0 Å². The smallest absolute Gasteiger partial charge is 0.151 e. The summed E-state index contributed by atoms with van der Waals surface area (Å²) in [6.07, 6.45) is 3.96. The highest BCUT2D eigenvalue weighted by Gasteiger charge is 2.23. The molecule has 4 heteroatoms. The van der Waals surface area contributed by atoms with Crippen LogP contribution in [0.5, 0.6) is 0 Å². The minimum Gasteiger partial charge on any atom is -0.355 e. The SMILES string of the molecule is CC1CC(C)CN(c2ccc(CNC3CC3)nn2)C1. The lowest BCUT2D eigenvalue weighted by Crippen LogP contribution is -2.39. The Labute approximate surface area is 115 Å². The first-order chi connectivity index (χ1) is 9.20. The number of rotatable bonds is 4. The van der Waals surface area contributed by atoms with Crippen molar-refractivity contribution in [1.29, 1.82) is 0 Å². The van der Waals surface area contributed by atoms with Crippen molar-refractivity contribution in [1.82, 2.24) is 15.5 Å². The fraction of sp³-hybridized carbons (Fsp3) is 0.733. The Balaban J connectivity index is 1.60. The van der Waals surface area contributed by atoms with E-state index in [9.17, 15) is 0 Å². The van der Waals surface area contributed by atoms with E-state index in [1.54, 1.807) is 0 Å². The third-order valence-corrected chi connectivity index (χ3v) is 4.05. The van der Waals surface area contributed by atoms with Crippen molar-refractivity contribution in [2.75, 3.05) is 18.0 Å². The van der Waals surface area contributed by atoms with Gasteiger partial charge in [0.05, 0.1) is 5.69 Å². The maximum atomic E-state index is 4.41. The molecule has 2 aliphatic rings. The van der Waals surface area contributed by atoms with Crippen molar-refractivity contribution in [2.45, 2.75) is 45.7 Å². The van der Waals surface area contributed by atoms with Gasteiger partial charge in [0.25, 0.3) is 0 Å². The predicted molar refractivity (Wildman–Crippen MR) is 77.1 cm³/mol. The molecule has 1 aliphatic heterocycles. The van der Waals surface area contributed by atoms with Crippen LogP contribution in [0.25, 0.3) is 0 Å². The zero-order valence-electron chi connectivity index (χ0n) is 12.0. The van der Waals surface area contributed by atoms with Crippen molar-refractivity contribution in [2.24, 2.45) is 11.8 Å². The summed E-state index contributed by atoms with van der Waals surface area (Å²) in [5.41, 5.74) is 1.05. The zero-order chi connectivity index (χ0) is 13.2. The van der Waals surface area contributed by atoms with Gasteiger partial charge in [-0.15, -0.1) is 5.10 Å². The van der Waals surface area contributed by atoms with Crippen LogP contribution in [-0.2, 0) is 6.54 Å². The number of hydrogen-bond donors (Lipinski definition) is 1. The average Bonchev–Trinajstić information content (AvgIpc) is 3.20. The molecule has 1 saturated carbocycles. The van der Waals surface area contributed by atoms with Crippen LogP contribution < -0.4 is 10.2 Å². The molecular formula is C15H24N4. The molecule has 0 bridgehead atoms. The van der Waals surface area contributed by atoms with Gasteiger partial charge in [0.2, 0.25) is 0 Å². The molecule has 4 nitrogen and oxygen atoms in total. The van der Waals surface area contributed by atoms with Crippen LogP contribution >= 0.6 is 0 Å². The first-order valence-corrected chi connectivity index (χ1v) is 7.51. The van der Waals surface area contributed by atoms with E-state index in [2.05, 4.69) is 46.4 Å². The summed E-state index contributed by atoms with van der Waals surface area (Å²) < 4.78 is 0. The van der Waals surface area contributed by atoms with Crippen LogP contribution in [0.4, 0.5) is 5.82 Å². The third-order valence-electron chi connectivity index (χ3n) is 4.05. The summed E-state index contributed by atoms with van der Waals surface area (Å²) in [5.74, 6) is 2.54. The topological polar surface area (TPSA) is 41.0 Å². The second kappa shape index (κ2) is 5.45. The number of hydrogen-bond acceptors (Lipinski definition) is 4. The van der Waals surface area contributed by atoms with Gasteiger partial charge in [-0.2, -0.15) is 5.10 Å². The fourth-order valence-electron chi connectivity index (χ4n) is 3.00. The van der Waals surface area contributed by atoms with Gasteiger partial charge in [-0.25, -0.2) is 0 Å². The quantitative estimate of drug-likeness (QED) is 0.901. The second-order valence-electron chi connectivity index (χ2n) is 6.39. The molecule has 1 aromatic rings. The van der Waals surface area contributed by atoms with Crippen molar-refractivity contribution in [3.63, 3.8) is 0 Å². The average molecular weight is 260 g/mol. The first kappa shape index (κ1) is 12.9. The number of aromatic nitrogens is 2. The minimum atomic E-state index is 0.727. The van der Waals surface area contributed by atoms with E-state index in [1.807, 2.05) is 0 Å². The Bertz CT molecular complexity index is 403. The maximum absolute atomic E-state index is 4.41. The Morgan fingerprint density at radius 1 is 1.16 bits per heavy atom. The largest absolute Gasteiger partial charge is 0.355 e. The summed E-state index contributed by atoms with van der Waals surface area (Å²) >= 11 is 0. The maximum Gasteiger partial charge on any atom is 0.151 e. The number of piperidine rings is 1. The lowest BCUT2D eigenvalue weighted by molar-refractivity contribution is 0.354. The molecule has 2 heterocycles. The molecule has 0 aromatic carbocycles. The predicted octanol–water partition coefficient (Wildman–Crippen LogP) is 2.21. The number of nitrogens with one attached hydrogen (secondary N) is 1. The Morgan fingerprint density at radius 3 is 2.47 bits per heavy atom. The minimum absolute atomic E-state index is 0.727. The normalized spacial score (nSPS) is 27.6. The van der Waals surface area contributed by atoms with Crippen LogP contribution in [-0.4, -0.2) is 29.3 Å². The highest BCUT2D eigenvalue weighted by atomic mass is 15.3. The molecule has 0 spiro atoms. The van der Waals surface area contributed by atoms with E-state index in [-0.39, 0.29) is 0 Å². The van der Waals surface area contributed by atoms with Gasteiger partial charge in [-0.1, -0.05) is 13.8 Å². The van der Waals surface area contributed by atoms with E-state index in [0.29, 0.717) is 0 Å². The molecule has 2 unspecified atom stereocenters. The summed E-state index contributed by atoms with van der Waals surface area (Å²) in [4.78, 5) is 2.38. The van der Waals surface area contributed by atoms with Crippen LogP contribution in [0.3, 0.4) is 0 Å². The molecule has 3 rings (SSSR count). The monoisotopic (exact) mass is 260 g/mol. The van der Waals surface area contributed by atoms with Gasteiger partial charge in [-0.3, -0.25) is 0 Å². The van der Waals surface area contributed by atoms with Crippen LogP contribution in [0.15, 0.2) is 12.1 Å². The van der Waals surface area contributed by atoms with Crippen molar-refractivity contribution in [3.05, 3.63) is 17.8 Å². The highest BCUT2D eigenvalue weighted by molar-refractivity contribution is 5.38. The molecule has 1 aliphatic carbocycles. The van der Waals surface area contributed by atoms with Crippen LogP contribution in [0.2, 0.25) is 0 Å². The Morgan fingerprint density at radius 2 is 1.89 bits per heavy atom. The summed E-state index contributed by atoms with van der Waals surface area (Å²) in [7, 11) is 0.